The molecule has 1 saturated heterocycles. The van der Waals surface area contributed by atoms with Crippen LogP contribution in [0.15, 0.2) is 29.2 Å². The van der Waals surface area contributed by atoms with Crippen molar-refractivity contribution < 1.29 is 9.87 Å². The molecule has 0 amide bonds. The number of nitrogens with one attached hydrogen (secondary N) is 1. The van der Waals surface area contributed by atoms with E-state index in [4.69, 9.17) is 0 Å². The van der Waals surface area contributed by atoms with Crippen molar-refractivity contribution in [2.45, 2.75) is 23.0 Å². The van der Waals surface area contributed by atoms with Gasteiger partial charge in [0.05, 0.1) is 0 Å². The highest BCUT2D eigenvalue weighted by atomic mass is 35.5. The van der Waals surface area contributed by atoms with Gasteiger partial charge in [-0.15, -0.1) is 24.2 Å². The minimum absolute atomic E-state index is 0. The van der Waals surface area contributed by atoms with Crippen molar-refractivity contribution in [2.75, 3.05) is 13.1 Å². The number of halogens is 2. The molecule has 0 saturated carbocycles. The van der Waals surface area contributed by atoms with Crippen LogP contribution in [0, 0.1) is 5.82 Å². The second-order valence-electron chi connectivity index (χ2n) is 3.52. The van der Waals surface area contributed by atoms with Crippen LogP contribution >= 0.6 is 24.2 Å². The zero-order valence-electron chi connectivity index (χ0n) is 8.91. The standard InChI is InChI=1S/C11H14FNS.ClH.H2O/c12-9-1-3-10(4-2-9)14-11-5-7-13-8-6-11;;/h1-4,11,13H,5-8H2;1H;1H2. The van der Waals surface area contributed by atoms with Gasteiger partial charge in [0, 0.05) is 10.1 Å². The summed E-state index contributed by atoms with van der Waals surface area (Å²) >= 11 is 1.87. The Hall–Kier alpha value is -0.290. The molecular weight excluding hydrogens is 249 g/mol. The molecule has 92 valence electrons. The van der Waals surface area contributed by atoms with Crippen LogP contribution in [0.2, 0.25) is 0 Å². The number of piperidine rings is 1. The summed E-state index contributed by atoms with van der Waals surface area (Å²) in [6.45, 7) is 2.22. The number of hydrogen-bond acceptors (Lipinski definition) is 2. The zero-order valence-corrected chi connectivity index (χ0v) is 10.5. The molecule has 0 bridgehead atoms. The maximum Gasteiger partial charge on any atom is 0.123 e. The fourth-order valence-corrected chi connectivity index (χ4v) is 2.77. The Labute approximate surface area is 106 Å². The topological polar surface area (TPSA) is 43.5 Å². The first kappa shape index (κ1) is 15.7. The summed E-state index contributed by atoms with van der Waals surface area (Å²) < 4.78 is 12.6. The molecule has 0 aromatic heterocycles. The average Bonchev–Trinajstić information content (AvgIpc) is 2.23. The van der Waals surface area contributed by atoms with Crippen molar-refractivity contribution in [3.63, 3.8) is 0 Å². The molecular formula is C11H17ClFNOS. The van der Waals surface area contributed by atoms with Crippen LogP contribution in [0.1, 0.15) is 12.8 Å². The van der Waals surface area contributed by atoms with E-state index in [0.717, 1.165) is 13.1 Å². The highest BCUT2D eigenvalue weighted by molar-refractivity contribution is 8.00. The highest BCUT2D eigenvalue weighted by Gasteiger charge is 2.13. The van der Waals surface area contributed by atoms with Gasteiger partial charge in [-0.05, 0) is 50.2 Å². The van der Waals surface area contributed by atoms with Gasteiger partial charge < -0.3 is 10.8 Å². The first-order valence-corrected chi connectivity index (χ1v) is 5.85. The summed E-state index contributed by atoms with van der Waals surface area (Å²) in [7, 11) is 0. The molecule has 1 fully saturated rings. The Morgan fingerprint density at radius 1 is 1.12 bits per heavy atom. The smallest absolute Gasteiger partial charge is 0.123 e. The first-order valence-electron chi connectivity index (χ1n) is 4.97. The second kappa shape index (κ2) is 7.90. The number of hydrogen-bond donors (Lipinski definition) is 1. The lowest BCUT2D eigenvalue weighted by Gasteiger charge is -2.21. The Balaban J connectivity index is 0.00000112. The van der Waals surface area contributed by atoms with E-state index in [1.165, 1.54) is 29.9 Å². The van der Waals surface area contributed by atoms with E-state index < -0.39 is 0 Å². The fourth-order valence-electron chi connectivity index (χ4n) is 1.62. The van der Waals surface area contributed by atoms with E-state index >= 15 is 0 Å². The van der Waals surface area contributed by atoms with Gasteiger partial charge in [0.1, 0.15) is 5.82 Å². The third-order valence-corrected chi connectivity index (χ3v) is 3.75. The quantitative estimate of drug-likeness (QED) is 0.892. The van der Waals surface area contributed by atoms with E-state index in [1.807, 2.05) is 23.9 Å². The number of rotatable bonds is 2. The van der Waals surface area contributed by atoms with Crippen LogP contribution < -0.4 is 5.32 Å². The van der Waals surface area contributed by atoms with Gasteiger partial charge in [0.2, 0.25) is 0 Å². The average molecular weight is 266 g/mol. The summed E-state index contributed by atoms with van der Waals surface area (Å²) in [5.41, 5.74) is 0. The Kier molecular flexibility index (Phi) is 7.76. The van der Waals surface area contributed by atoms with Gasteiger partial charge in [-0.25, -0.2) is 4.39 Å². The minimum Gasteiger partial charge on any atom is -0.412 e. The van der Waals surface area contributed by atoms with E-state index in [-0.39, 0.29) is 23.7 Å². The molecule has 2 nitrogen and oxygen atoms in total. The summed E-state index contributed by atoms with van der Waals surface area (Å²) in [6.07, 6.45) is 2.42. The second-order valence-corrected chi connectivity index (χ2v) is 4.89. The SMILES string of the molecule is Cl.Fc1ccc(SC2CCNCC2)cc1.O. The van der Waals surface area contributed by atoms with Gasteiger partial charge >= 0.3 is 0 Å². The van der Waals surface area contributed by atoms with Gasteiger partial charge in [-0.1, -0.05) is 0 Å². The van der Waals surface area contributed by atoms with Crippen LogP contribution in [-0.4, -0.2) is 23.8 Å². The molecule has 1 aliphatic rings. The van der Waals surface area contributed by atoms with Crippen LogP contribution in [-0.2, 0) is 0 Å². The number of benzene rings is 1. The third kappa shape index (κ3) is 4.70. The summed E-state index contributed by atoms with van der Waals surface area (Å²) in [5.74, 6) is -0.153. The molecule has 1 heterocycles. The molecule has 0 spiro atoms. The van der Waals surface area contributed by atoms with Gasteiger partial charge in [0.25, 0.3) is 0 Å². The molecule has 3 N–H and O–H groups in total. The maximum absolute atomic E-state index is 12.6. The molecule has 1 aliphatic heterocycles. The van der Waals surface area contributed by atoms with Gasteiger partial charge in [-0.2, -0.15) is 0 Å². The van der Waals surface area contributed by atoms with Crippen LogP contribution in [0.25, 0.3) is 0 Å². The normalized spacial score (nSPS) is 16.1. The Morgan fingerprint density at radius 2 is 1.69 bits per heavy atom. The molecule has 1 aromatic rings. The van der Waals surface area contributed by atoms with Crippen molar-refractivity contribution in [3.8, 4) is 0 Å². The lowest BCUT2D eigenvalue weighted by molar-refractivity contribution is 0.531. The van der Waals surface area contributed by atoms with Gasteiger partial charge in [0.15, 0.2) is 0 Å². The van der Waals surface area contributed by atoms with Crippen molar-refractivity contribution >= 4 is 24.2 Å². The Bertz CT molecular complexity index is 291. The fraction of sp³-hybridized carbons (Fsp3) is 0.455. The monoisotopic (exact) mass is 265 g/mol. The molecule has 0 atom stereocenters. The van der Waals surface area contributed by atoms with E-state index in [2.05, 4.69) is 5.32 Å². The lowest BCUT2D eigenvalue weighted by atomic mass is 10.2. The summed E-state index contributed by atoms with van der Waals surface area (Å²) in [4.78, 5) is 1.18. The Morgan fingerprint density at radius 3 is 2.25 bits per heavy atom. The predicted molar refractivity (Wildman–Crippen MR) is 69.0 cm³/mol. The molecule has 2 rings (SSSR count). The molecule has 0 aliphatic carbocycles. The largest absolute Gasteiger partial charge is 0.412 e. The highest BCUT2D eigenvalue weighted by Crippen LogP contribution is 2.28. The first-order chi connectivity index (χ1) is 6.84. The van der Waals surface area contributed by atoms with Crippen molar-refractivity contribution in [2.24, 2.45) is 0 Å². The number of thioether (sulfide) groups is 1. The molecule has 1 aromatic carbocycles. The lowest BCUT2D eigenvalue weighted by Crippen LogP contribution is -2.29. The van der Waals surface area contributed by atoms with Gasteiger partial charge in [-0.3, -0.25) is 0 Å². The van der Waals surface area contributed by atoms with Crippen LogP contribution in [0.4, 0.5) is 4.39 Å². The van der Waals surface area contributed by atoms with Crippen LogP contribution in [0.3, 0.4) is 0 Å². The van der Waals surface area contributed by atoms with Crippen LogP contribution in [0.5, 0.6) is 0 Å². The maximum atomic E-state index is 12.6. The van der Waals surface area contributed by atoms with Crippen molar-refractivity contribution in [3.05, 3.63) is 30.1 Å². The molecule has 5 heteroatoms. The van der Waals surface area contributed by atoms with Crippen molar-refractivity contribution in [1.29, 1.82) is 0 Å². The summed E-state index contributed by atoms with van der Waals surface area (Å²) in [6, 6.07) is 6.79. The van der Waals surface area contributed by atoms with E-state index in [9.17, 15) is 4.39 Å². The van der Waals surface area contributed by atoms with E-state index in [1.54, 1.807) is 0 Å². The molecule has 16 heavy (non-hydrogen) atoms. The molecule has 0 radical (unpaired) electrons. The minimum atomic E-state index is -0.153. The van der Waals surface area contributed by atoms with Crippen molar-refractivity contribution in [1.82, 2.24) is 5.32 Å². The molecule has 0 unspecified atom stereocenters. The summed E-state index contributed by atoms with van der Waals surface area (Å²) in [5, 5.41) is 4.03. The predicted octanol–water partition coefficient (Wildman–Crippen LogP) is 2.27. The van der Waals surface area contributed by atoms with E-state index in [0.29, 0.717) is 5.25 Å². The third-order valence-electron chi connectivity index (χ3n) is 2.40. The zero-order chi connectivity index (χ0) is 9.80.